The Morgan fingerprint density at radius 2 is 1.50 bits per heavy atom. The van der Waals surface area contributed by atoms with Gasteiger partial charge in [-0.15, -0.1) is 0 Å². The molecule has 0 aromatic carbocycles. The first-order valence-electron chi connectivity index (χ1n) is 2.44. The molecule has 0 amide bonds. The van der Waals surface area contributed by atoms with Crippen molar-refractivity contribution in [2.45, 2.75) is 15.3 Å². The quantitative estimate of drug-likeness (QED) is 0.384. The lowest BCUT2D eigenvalue weighted by molar-refractivity contribution is -0.0886. The molecule has 9 heteroatoms. The second-order valence-corrected chi connectivity index (χ2v) is 6.19. The Bertz CT molecular complexity index is 252. The third-order valence-electron chi connectivity index (χ3n) is 0.808. The van der Waals surface area contributed by atoms with Crippen LogP contribution in [0.5, 0.6) is 0 Å². The normalized spacial score (nSPS) is 14.8. The molecule has 0 aromatic heterocycles. The summed E-state index contributed by atoms with van der Waals surface area (Å²) in [5, 5.41) is 14.1. The number of alkyl halides is 3. The monoisotopic (exact) mass is 258 g/mol. The van der Waals surface area contributed by atoms with Crippen LogP contribution in [-0.2, 0) is 10.1 Å². The third-order valence-corrected chi connectivity index (χ3v) is 3.28. The van der Waals surface area contributed by atoms with Crippen LogP contribution in [0.25, 0.3) is 0 Å². The van der Waals surface area contributed by atoms with Crippen molar-refractivity contribution >= 4 is 44.9 Å². The van der Waals surface area contributed by atoms with Gasteiger partial charge in [-0.1, -0.05) is 34.8 Å². The zero-order valence-corrected chi connectivity index (χ0v) is 8.49. The Balaban J connectivity index is 4.68. The summed E-state index contributed by atoms with van der Waals surface area (Å²) < 4.78 is 26.3. The van der Waals surface area contributed by atoms with Gasteiger partial charge in [0.15, 0.2) is 0 Å². The molecule has 0 aliphatic rings. The molecule has 0 saturated carbocycles. The van der Waals surface area contributed by atoms with Gasteiger partial charge >= 0.3 is 0 Å². The van der Waals surface area contributed by atoms with Gasteiger partial charge in [0.25, 0.3) is 10.1 Å². The molecule has 0 aromatic rings. The van der Waals surface area contributed by atoms with Crippen molar-refractivity contribution in [2.24, 2.45) is 0 Å². The lowest BCUT2D eigenvalue weighted by atomic mass is 10.5. The van der Waals surface area contributed by atoms with E-state index >= 15 is 0 Å². The number of aliphatic hydroxyl groups is 2. The van der Waals surface area contributed by atoms with Crippen LogP contribution in [0.4, 0.5) is 0 Å². The minimum absolute atomic E-state index is 1.15. The fraction of sp³-hybridized carbons (Fsp3) is 1.00. The average molecular weight is 259 g/mol. The Kier molecular flexibility index (Phi) is 3.65. The smallest absolute Gasteiger partial charge is 0.299 e. The van der Waals surface area contributed by atoms with Crippen molar-refractivity contribution in [3.63, 3.8) is 0 Å². The fourth-order valence-corrected chi connectivity index (χ4v) is 1.53. The van der Waals surface area contributed by atoms with Crippen LogP contribution in [0.1, 0.15) is 6.42 Å². The van der Waals surface area contributed by atoms with Gasteiger partial charge in [0.05, 0.1) is 6.42 Å². The van der Waals surface area contributed by atoms with E-state index in [0.29, 0.717) is 0 Å². The SMILES string of the molecule is O=S(=O)(O)C(Cl)(Cl)CC(O)(O)Cl. The first kappa shape index (κ1) is 12.7. The van der Waals surface area contributed by atoms with Gasteiger partial charge in [0.1, 0.15) is 0 Å². The predicted molar refractivity (Wildman–Crippen MR) is 43.6 cm³/mol. The number of hydrogen-bond acceptors (Lipinski definition) is 4. The molecule has 5 nitrogen and oxygen atoms in total. The van der Waals surface area contributed by atoms with Gasteiger partial charge < -0.3 is 10.2 Å². The number of halogens is 3. The molecule has 0 bridgehead atoms. The molecule has 0 aliphatic carbocycles. The van der Waals surface area contributed by atoms with Gasteiger partial charge in [-0.05, 0) is 0 Å². The standard InChI is InChI=1S/C3H5Cl3O5S/c4-2(5,12(9,10)11)1-3(6,7)8/h7-8H,1H2,(H,9,10,11). The molecular formula is C3H5Cl3O5S. The van der Waals surface area contributed by atoms with Gasteiger partial charge in [0.2, 0.25) is 8.91 Å². The van der Waals surface area contributed by atoms with Crippen LogP contribution < -0.4 is 0 Å². The van der Waals surface area contributed by atoms with E-state index in [2.05, 4.69) is 0 Å². The van der Waals surface area contributed by atoms with Crippen LogP contribution in [-0.4, -0.2) is 32.1 Å². The molecule has 74 valence electrons. The van der Waals surface area contributed by atoms with E-state index in [9.17, 15) is 8.42 Å². The molecule has 0 heterocycles. The second-order valence-electron chi connectivity index (χ2n) is 2.01. The zero-order valence-electron chi connectivity index (χ0n) is 5.41. The van der Waals surface area contributed by atoms with E-state index in [1.54, 1.807) is 0 Å². The fourth-order valence-electron chi connectivity index (χ4n) is 0.353. The van der Waals surface area contributed by atoms with E-state index in [4.69, 9.17) is 49.6 Å². The minimum Gasteiger partial charge on any atom is -0.353 e. The van der Waals surface area contributed by atoms with Gasteiger partial charge in [-0.2, -0.15) is 8.42 Å². The van der Waals surface area contributed by atoms with Crippen molar-refractivity contribution in [3.05, 3.63) is 0 Å². The lowest BCUT2D eigenvalue weighted by Crippen LogP contribution is -2.35. The molecular weight excluding hydrogens is 254 g/mol. The van der Waals surface area contributed by atoms with Crippen molar-refractivity contribution in [2.75, 3.05) is 0 Å². The van der Waals surface area contributed by atoms with E-state index in [1.165, 1.54) is 0 Å². The second kappa shape index (κ2) is 3.45. The Morgan fingerprint density at radius 1 is 1.17 bits per heavy atom. The Labute approximate surface area is 83.6 Å². The largest absolute Gasteiger partial charge is 0.353 e. The third kappa shape index (κ3) is 4.08. The predicted octanol–water partition coefficient (Wildman–Crippen LogP) is 0.273. The van der Waals surface area contributed by atoms with Gasteiger partial charge in [0, 0.05) is 0 Å². The summed E-state index contributed by atoms with van der Waals surface area (Å²) in [6.45, 7) is 0. The van der Waals surface area contributed by atoms with Crippen LogP contribution >= 0.6 is 34.8 Å². The lowest BCUT2D eigenvalue weighted by Gasteiger charge is -2.21. The van der Waals surface area contributed by atoms with Crippen molar-refractivity contribution in [1.82, 2.24) is 0 Å². The summed E-state index contributed by atoms with van der Waals surface area (Å²) in [6.07, 6.45) is -1.15. The van der Waals surface area contributed by atoms with E-state index in [0.717, 1.165) is 0 Å². The van der Waals surface area contributed by atoms with E-state index in [1.807, 2.05) is 0 Å². The molecule has 12 heavy (non-hydrogen) atoms. The van der Waals surface area contributed by atoms with Crippen LogP contribution in [0.2, 0.25) is 0 Å². The molecule has 3 N–H and O–H groups in total. The number of hydrogen-bond donors (Lipinski definition) is 3. The highest BCUT2D eigenvalue weighted by molar-refractivity contribution is 7.90. The molecule has 0 atom stereocenters. The van der Waals surface area contributed by atoms with Gasteiger partial charge in [-0.3, -0.25) is 4.55 Å². The zero-order chi connectivity index (χ0) is 10.2. The summed E-state index contributed by atoms with van der Waals surface area (Å²) in [6, 6.07) is 0. The van der Waals surface area contributed by atoms with Crippen molar-refractivity contribution in [1.29, 1.82) is 0 Å². The molecule has 0 saturated heterocycles. The summed E-state index contributed by atoms with van der Waals surface area (Å²) in [5.74, 6) is 0. The Morgan fingerprint density at radius 3 is 1.58 bits per heavy atom. The summed E-state index contributed by atoms with van der Waals surface area (Å²) >= 11 is 14.8. The van der Waals surface area contributed by atoms with Crippen LogP contribution in [0.15, 0.2) is 0 Å². The first-order chi connectivity index (χ1) is 4.96. The summed E-state index contributed by atoms with van der Waals surface area (Å²) in [7, 11) is -4.81. The molecule has 0 fully saturated rings. The van der Waals surface area contributed by atoms with Crippen LogP contribution in [0, 0.1) is 0 Å². The summed E-state index contributed by atoms with van der Waals surface area (Å²) in [5.41, 5.74) is 0. The Hall–Kier alpha value is 0.700. The highest BCUT2D eigenvalue weighted by atomic mass is 35.5. The summed E-state index contributed by atoms with van der Waals surface area (Å²) in [4.78, 5) is 0. The number of rotatable bonds is 3. The van der Waals surface area contributed by atoms with Crippen LogP contribution in [0.3, 0.4) is 0 Å². The maximum atomic E-state index is 10.3. The van der Waals surface area contributed by atoms with Crippen molar-refractivity contribution < 1.29 is 23.2 Å². The molecule has 0 spiro atoms. The first-order valence-corrected chi connectivity index (χ1v) is 5.02. The maximum Gasteiger partial charge on any atom is 0.299 e. The maximum absolute atomic E-state index is 10.3. The van der Waals surface area contributed by atoms with Crippen molar-refractivity contribution in [3.8, 4) is 0 Å². The minimum atomic E-state index is -4.81. The highest BCUT2D eigenvalue weighted by Gasteiger charge is 2.45. The average Bonchev–Trinajstić information content (AvgIpc) is 1.52. The molecule has 0 aliphatic heterocycles. The molecule has 0 rings (SSSR count). The highest BCUT2D eigenvalue weighted by Crippen LogP contribution is 2.36. The topological polar surface area (TPSA) is 94.8 Å². The molecule has 0 unspecified atom stereocenters. The molecule has 0 radical (unpaired) electrons. The van der Waals surface area contributed by atoms with Gasteiger partial charge in [-0.25, -0.2) is 0 Å². The van der Waals surface area contributed by atoms with E-state index < -0.39 is 25.5 Å². The van der Waals surface area contributed by atoms with E-state index in [-0.39, 0.29) is 0 Å².